The highest BCUT2D eigenvalue weighted by atomic mass is 16.7. The highest BCUT2D eigenvalue weighted by Crippen LogP contribution is 2.86. The lowest BCUT2D eigenvalue weighted by Gasteiger charge is -2.60. The van der Waals surface area contributed by atoms with Crippen molar-refractivity contribution in [2.45, 2.75) is 33.0 Å². The first kappa shape index (κ1) is 10.5. The van der Waals surface area contributed by atoms with Gasteiger partial charge >= 0.3 is 0 Å². The highest BCUT2D eigenvalue weighted by Gasteiger charge is 2.93. The number of hydrogen-bond donors (Lipinski definition) is 0. The predicted molar refractivity (Wildman–Crippen MR) is 59.8 cm³/mol. The van der Waals surface area contributed by atoms with Crippen LogP contribution in [0, 0.1) is 0 Å². The molecule has 3 aliphatic rings. The molecule has 1 saturated carbocycles. The molecule has 14 radical (unpaired) electrons. The van der Waals surface area contributed by atoms with E-state index >= 15 is 0 Å². The Morgan fingerprint density at radius 1 is 0.733 bits per heavy atom. The van der Waals surface area contributed by atoms with Crippen molar-refractivity contribution in [3.05, 3.63) is 0 Å². The molecule has 0 aromatic carbocycles. The molecular formula is C6HB7O2. The van der Waals surface area contributed by atoms with Crippen molar-refractivity contribution in [3.8, 4) is 0 Å². The zero-order valence-corrected chi connectivity index (χ0v) is 7.94. The predicted octanol–water partition coefficient (Wildman–Crippen LogP) is -3.07. The van der Waals surface area contributed by atoms with Crippen LogP contribution in [-0.4, -0.2) is 76.9 Å². The second-order valence-electron chi connectivity index (χ2n) is 4.61. The number of hydrogen-bond acceptors (Lipinski definition) is 2. The van der Waals surface area contributed by atoms with E-state index in [1.165, 1.54) is 0 Å². The molecule has 0 amide bonds. The van der Waals surface area contributed by atoms with Crippen molar-refractivity contribution in [1.29, 1.82) is 0 Å². The molecule has 2 spiro atoms. The zero-order valence-electron chi connectivity index (χ0n) is 7.94. The van der Waals surface area contributed by atoms with Gasteiger partial charge in [0, 0.05) is 10.8 Å². The van der Waals surface area contributed by atoms with Gasteiger partial charge in [-0.3, -0.25) is 0 Å². The van der Waals surface area contributed by atoms with Gasteiger partial charge in [0.25, 0.3) is 0 Å². The van der Waals surface area contributed by atoms with Crippen molar-refractivity contribution < 1.29 is 9.47 Å². The van der Waals surface area contributed by atoms with Crippen LogP contribution in [0.15, 0.2) is 0 Å². The quantitative estimate of drug-likeness (QED) is 0.292. The smallest absolute Gasteiger partial charge is 0.103 e. The molecule has 0 bridgehead atoms. The van der Waals surface area contributed by atoms with Gasteiger partial charge in [-0.2, -0.15) is 0 Å². The Morgan fingerprint density at radius 2 is 1.00 bits per heavy atom. The fourth-order valence-corrected chi connectivity index (χ4v) is 2.91. The maximum Gasteiger partial charge on any atom is 0.103 e. The van der Waals surface area contributed by atoms with Crippen LogP contribution in [-0.2, 0) is 9.47 Å². The second-order valence-corrected chi connectivity index (χ2v) is 4.61. The number of epoxide rings is 2. The number of rotatable bonds is 0. The molecule has 1 aliphatic carbocycles. The van der Waals surface area contributed by atoms with Gasteiger partial charge in [-0.25, -0.2) is 0 Å². The highest BCUT2D eigenvalue weighted by molar-refractivity contribution is 6.55. The molecule has 2 unspecified atom stereocenters. The SMILES string of the molecule is [B]C1C2(OC2([B])[B])C([B])([B])C12OC2([B])[B]. The molecule has 2 aliphatic heterocycles. The van der Waals surface area contributed by atoms with Gasteiger partial charge in [-0.15, -0.1) is 0 Å². The minimum atomic E-state index is -1.49. The van der Waals surface area contributed by atoms with Crippen LogP contribution in [0.25, 0.3) is 0 Å². The molecule has 58 valence electrons. The van der Waals surface area contributed by atoms with Gasteiger partial charge in [0.2, 0.25) is 0 Å². The van der Waals surface area contributed by atoms with E-state index in [1.54, 1.807) is 0 Å². The van der Waals surface area contributed by atoms with Gasteiger partial charge in [-0.05, 0) is 11.0 Å². The Hall–Kier alpha value is 0.375. The summed E-state index contributed by atoms with van der Waals surface area (Å²) < 4.78 is 10.2. The summed E-state index contributed by atoms with van der Waals surface area (Å²) in [4.78, 5) is 0. The van der Waals surface area contributed by atoms with Crippen molar-refractivity contribution >= 4 is 54.9 Å². The van der Waals surface area contributed by atoms with Crippen LogP contribution in [0.5, 0.6) is 0 Å². The van der Waals surface area contributed by atoms with E-state index in [1.807, 2.05) is 0 Å². The average molecular weight is 181 g/mol. The van der Waals surface area contributed by atoms with Crippen molar-refractivity contribution in [2.75, 3.05) is 0 Å². The number of ether oxygens (including phenoxy) is 2. The van der Waals surface area contributed by atoms with Gasteiger partial charge in [0.1, 0.15) is 31.4 Å². The molecular weight excluding hydrogens is 180 g/mol. The van der Waals surface area contributed by atoms with Gasteiger partial charge in [-0.1, -0.05) is 0 Å². The fourth-order valence-electron chi connectivity index (χ4n) is 2.91. The summed E-state index contributed by atoms with van der Waals surface area (Å²) in [5, 5.41) is -4.40. The van der Waals surface area contributed by atoms with E-state index in [0.29, 0.717) is 0 Å². The lowest BCUT2D eigenvalue weighted by Crippen LogP contribution is -2.69. The van der Waals surface area contributed by atoms with Crippen LogP contribution in [0.2, 0.25) is 11.0 Å². The van der Waals surface area contributed by atoms with Gasteiger partial charge in [0.15, 0.2) is 0 Å². The summed E-state index contributed by atoms with van der Waals surface area (Å²) in [6, 6.07) is 0. The van der Waals surface area contributed by atoms with Crippen LogP contribution in [0.4, 0.5) is 0 Å². The fraction of sp³-hybridized carbons (Fsp3) is 1.00. The first-order valence-corrected chi connectivity index (χ1v) is 4.46. The zero-order chi connectivity index (χ0) is 11.5. The van der Waals surface area contributed by atoms with E-state index in [0.717, 1.165) is 0 Å². The molecule has 2 saturated heterocycles. The van der Waals surface area contributed by atoms with Crippen LogP contribution in [0.1, 0.15) is 0 Å². The summed E-state index contributed by atoms with van der Waals surface area (Å²) in [5.74, 6) is -0.745. The standard InChI is InChI=1S/C6HB7O2/c7-1-2(5(10,11)14-2)4(8,9)3(1)6(12,13)15-3/h1H. The molecule has 3 fully saturated rings. The average Bonchev–Trinajstić information content (AvgIpc) is 2.84. The summed E-state index contributed by atoms with van der Waals surface area (Å²) in [5.41, 5.74) is -2.44. The molecule has 2 atom stereocenters. The monoisotopic (exact) mass is 182 g/mol. The summed E-state index contributed by atoms with van der Waals surface area (Å²) in [6.07, 6.45) is 0. The minimum Gasteiger partial charge on any atom is -0.385 e. The first-order valence-electron chi connectivity index (χ1n) is 4.46. The van der Waals surface area contributed by atoms with Crippen LogP contribution < -0.4 is 0 Å². The lowest BCUT2D eigenvalue weighted by atomic mass is 9.19. The van der Waals surface area contributed by atoms with Gasteiger partial charge in [0.05, 0.1) is 34.7 Å². The molecule has 9 heteroatoms. The normalized spacial score (nSPS) is 56.1. The Bertz CT molecular complexity index is 336. The van der Waals surface area contributed by atoms with Gasteiger partial charge < -0.3 is 9.47 Å². The van der Waals surface area contributed by atoms with E-state index in [9.17, 15) is 0 Å². The molecule has 0 aromatic heterocycles. The topological polar surface area (TPSA) is 25.1 Å². The van der Waals surface area contributed by atoms with Crippen molar-refractivity contribution in [2.24, 2.45) is 0 Å². The van der Waals surface area contributed by atoms with E-state index in [4.69, 9.17) is 64.4 Å². The summed E-state index contributed by atoms with van der Waals surface area (Å²) in [7, 11) is 39.9. The maximum absolute atomic E-state index is 5.87. The summed E-state index contributed by atoms with van der Waals surface area (Å²) >= 11 is 0. The largest absolute Gasteiger partial charge is 0.385 e. The van der Waals surface area contributed by atoms with Crippen LogP contribution >= 0.6 is 0 Å². The third-order valence-corrected chi connectivity index (χ3v) is 3.84. The Kier molecular flexibility index (Phi) is 1.44. The van der Waals surface area contributed by atoms with Crippen molar-refractivity contribution in [3.63, 3.8) is 0 Å². The first-order chi connectivity index (χ1) is 6.57. The lowest BCUT2D eigenvalue weighted by molar-refractivity contribution is 0.0631. The molecule has 15 heavy (non-hydrogen) atoms. The molecule has 2 heterocycles. The van der Waals surface area contributed by atoms with E-state index in [2.05, 4.69) is 0 Å². The molecule has 2 nitrogen and oxygen atoms in total. The van der Waals surface area contributed by atoms with Crippen LogP contribution in [0.3, 0.4) is 0 Å². The molecule has 3 rings (SSSR count). The Morgan fingerprint density at radius 3 is 1.13 bits per heavy atom. The molecule has 0 aromatic rings. The Labute approximate surface area is 97.8 Å². The van der Waals surface area contributed by atoms with E-state index in [-0.39, 0.29) is 0 Å². The third kappa shape index (κ3) is 0.693. The Balaban J connectivity index is 2.03. The maximum atomic E-state index is 5.87. The van der Waals surface area contributed by atoms with E-state index < -0.39 is 33.0 Å². The third-order valence-electron chi connectivity index (χ3n) is 3.84. The molecule has 0 N–H and O–H groups in total. The summed E-state index contributed by atoms with van der Waals surface area (Å²) in [6.45, 7) is 0. The second kappa shape index (κ2) is 2.05. The minimum absolute atomic E-state index is 0.745. The van der Waals surface area contributed by atoms with Crippen molar-refractivity contribution in [1.82, 2.24) is 0 Å².